The second kappa shape index (κ2) is 13.7. The number of ether oxygens (including phenoxy) is 3. The number of aryl methyl sites for hydroxylation is 1. The van der Waals surface area contributed by atoms with E-state index in [0.29, 0.717) is 35.4 Å². The molecule has 10 nitrogen and oxygen atoms in total. The smallest absolute Gasteiger partial charge is 0.335 e. The van der Waals surface area contributed by atoms with E-state index >= 15 is 0 Å². The van der Waals surface area contributed by atoms with Crippen LogP contribution in [0.25, 0.3) is 6.08 Å². The summed E-state index contributed by atoms with van der Waals surface area (Å²) in [5, 5.41) is 5.25. The summed E-state index contributed by atoms with van der Waals surface area (Å²) >= 11 is 6.20. The second-order valence-electron chi connectivity index (χ2n) is 9.26. The Hall–Kier alpha value is -4.83. The largest absolute Gasteiger partial charge is 0.490 e. The second-order valence-corrected chi connectivity index (χ2v) is 9.70. The number of anilines is 2. The summed E-state index contributed by atoms with van der Waals surface area (Å²) in [5.74, 6) is -1.15. The van der Waals surface area contributed by atoms with E-state index in [-0.39, 0.29) is 29.2 Å². The van der Waals surface area contributed by atoms with Crippen LogP contribution in [0, 0.1) is 6.92 Å². The van der Waals surface area contributed by atoms with E-state index in [4.69, 9.17) is 25.8 Å². The number of nitrogens with zero attached hydrogens (tertiary/aromatic N) is 1. The summed E-state index contributed by atoms with van der Waals surface area (Å²) in [6.07, 6.45) is 2.04. The molecule has 0 saturated carbocycles. The van der Waals surface area contributed by atoms with Gasteiger partial charge in [0.15, 0.2) is 18.1 Å². The lowest BCUT2D eigenvalue weighted by atomic mass is 10.1. The van der Waals surface area contributed by atoms with Crippen LogP contribution in [0.1, 0.15) is 31.4 Å². The third kappa shape index (κ3) is 7.27. The summed E-state index contributed by atoms with van der Waals surface area (Å²) in [7, 11) is 0. The van der Waals surface area contributed by atoms with Gasteiger partial charge in [-0.1, -0.05) is 30.7 Å². The molecule has 4 rings (SSSR count). The number of rotatable bonds is 11. The number of imide groups is 2. The quantitative estimate of drug-likeness (QED) is 0.222. The molecule has 2 N–H and O–H groups in total. The first-order chi connectivity index (χ1) is 20.2. The number of carbonyl (C=O) groups excluding carboxylic acids is 4. The van der Waals surface area contributed by atoms with Crippen molar-refractivity contribution in [2.45, 2.75) is 27.2 Å². The van der Waals surface area contributed by atoms with Crippen LogP contribution in [0.3, 0.4) is 0 Å². The molecular formula is C31H30ClN3O7. The number of carbonyl (C=O) groups is 4. The standard InChI is InChI=1S/C31H30ClN3O7/c1-4-13-41-26-12-10-23(17-27(26)40-5-2)35-30(38)24(29(37)34-31(35)39)16-20-15-21(32)9-11-25(20)42-18-28(36)33-22-8-6-7-19(3)14-22/h6-12,14-17H,4-5,13,18H2,1-3H3,(H,33,36)(H,34,37,39)/b24-16+. The zero-order valence-corrected chi connectivity index (χ0v) is 24.1. The van der Waals surface area contributed by atoms with Crippen molar-refractivity contribution in [3.8, 4) is 17.2 Å². The summed E-state index contributed by atoms with van der Waals surface area (Å²) in [5.41, 5.74) is 1.71. The fraction of sp³-hybridized carbons (Fsp3) is 0.226. The lowest BCUT2D eigenvalue weighted by Crippen LogP contribution is -2.54. The highest BCUT2D eigenvalue weighted by Gasteiger charge is 2.37. The molecule has 218 valence electrons. The molecule has 1 aliphatic rings. The van der Waals surface area contributed by atoms with Crippen molar-refractivity contribution < 1.29 is 33.4 Å². The minimum atomic E-state index is -0.915. The van der Waals surface area contributed by atoms with E-state index in [1.807, 2.05) is 32.0 Å². The van der Waals surface area contributed by atoms with E-state index in [9.17, 15) is 19.2 Å². The maximum Gasteiger partial charge on any atom is 0.335 e. The first kappa shape index (κ1) is 30.1. The van der Waals surface area contributed by atoms with Crippen molar-refractivity contribution in [1.82, 2.24) is 5.32 Å². The van der Waals surface area contributed by atoms with E-state index in [2.05, 4.69) is 10.6 Å². The molecule has 0 radical (unpaired) electrons. The van der Waals surface area contributed by atoms with Gasteiger partial charge in [-0.05, 0) is 74.4 Å². The highest BCUT2D eigenvalue weighted by molar-refractivity contribution is 6.39. The van der Waals surface area contributed by atoms with Crippen molar-refractivity contribution in [3.05, 3.63) is 82.4 Å². The van der Waals surface area contributed by atoms with Gasteiger partial charge in [0.2, 0.25) is 0 Å². The predicted octanol–water partition coefficient (Wildman–Crippen LogP) is 5.52. The number of halogens is 1. The number of urea groups is 1. The molecule has 1 aliphatic heterocycles. The van der Waals surface area contributed by atoms with Gasteiger partial charge < -0.3 is 19.5 Å². The minimum absolute atomic E-state index is 0.179. The van der Waals surface area contributed by atoms with Crippen LogP contribution in [-0.4, -0.2) is 43.6 Å². The molecule has 0 spiro atoms. The van der Waals surface area contributed by atoms with Crippen LogP contribution in [0.5, 0.6) is 17.2 Å². The Bertz CT molecular complexity index is 1550. The highest BCUT2D eigenvalue weighted by Crippen LogP contribution is 2.34. The summed E-state index contributed by atoms with van der Waals surface area (Å²) in [6, 6.07) is 15.6. The molecule has 5 amide bonds. The Morgan fingerprint density at radius 2 is 1.74 bits per heavy atom. The molecule has 0 unspecified atom stereocenters. The van der Waals surface area contributed by atoms with Crippen molar-refractivity contribution >= 4 is 52.8 Å². The molecule has 42 heavy (non-hydrogen) atoms. The van der Waals surface area contributed by atoms with E-state index in [0.717, 1.165) is 16.9 Å². The third-order valence-corrected chi connectivity index (χ3v) is 6.22. The molecule has 3 aromatic carbocycles. The lowest BCUT2D eigenvalue weighted by molar-refractivity contribution is -0.122. The van der Waals surface area contributed by atoms with Gasteiger partial charge in [0.25, 0.3) is 17.7 Å². The SMILES string of the molecule is CCCOc1ccc(N2C(=O)NC(=O)/C(=C\c3cc(Cl)ccc3OCC(=O)Nc3cccc(C)c3)C2=O)cc1OCC. The van der Waals surface area contributed by atoms with Gasteiger partial charge in [-0.15, -0.1) is 0 Å². The normalized spacial score (nSPS) is 14.0. The molecule has 0 atom stereocenters. The number of hydrogen-bond acceptors (Lipinski definition) is 7. The van der Waals surface area contributed by atoms with Gasteiger partial charge in [0, 0.05) is 22.3 Å². The van der Waals surface area contributed by atoms with Gasteiger partial charge in [-0.3, -0.25) is 19.7 Å². The van der Waals surface area contributed by atoms with Gasteiger partial charge >= 0.3 is 6.03 Å². The van der Waals surface area contributed by atoms with Crippen molar-refractivity contribution in [2.75, 3.05) is 30.0 Å². The molecule has 1 heterocycles. The number of barbiturate groups is 1. The summed E-state index contributed by atoms with van der Waals surface area (Å²) in [6.45, 7) is 6.12. The minimum Gasteiger partial charge on any atom is -0.490 e. The van der Waals surface area contributed by atoms with Crippen LogP contribution >= 0.6 is 11.6 Å². The number of hydrogen-bond donors (Lipinski definition) is 2. The van der Waals surface area contributed by atoms with E-state index in [1.165, 1.54) is 30.3 Å². The Morgan fingerprint density at radius 3 is 2.48 bits per heavy atom. The Balaban J connectivity index is 1.60. The molecule has 0 bridgehead atoms. The van der Waals surface area contributed by atoms with Crippen LogP contribution in [0.2, 0.25) is 5.02 Å². The Kier molecular flexibility index (Phi) is 9.82. The monoisotopic (exact) mass is 591 g/mol. The first-order valence-corrected chi connectivity index (χ1v) is 13.7. The highest BCUT2D eigenvalue weighted by atomic mass is 35.5. The zero-order valence-electron chi connectivity index (χ0n) is 23.4. The predicted molar refractivity (Wildman–Crippen MR) is 159 cm³/mol. The van der Waals surface area contributed by atoms with Gasteiger partial charge in [0.1, 0.15) is 11.3 Å². The van der Waals surface area contributed by atoms with Crippen LogP contribution in [0.15, 0.2) is 66.2 Å². The fourth-order valence-electron chi connectivity index (χ4n) is 4.11. The third-order valence-electron chi connectivity index (χ3n) is 5.98. The van der Waals surface area contributed by atoms with Crippen LogP contribution in [-0.2, 0) is 14.4 Å². The summed E-state index contributed by atoms with van der Waals surface area (Å²) < 4.78 is 17.1. The Morgan fingerprint density at radius 1 is 0.952 bits per heavy atom. The maximum absolute atomic E-state index is 13.5. The topological polar surface area (TPSA) is 123 Å². The fourth-order valence-corrected chi connectivity index (χ4v) is 4.29. The van der Waals surface area contributed by atoms with Crippen LogP contribution in [0.4, 0.5) is 16.2 Å². The van der Waals surface area contributed by atoms with Crippen molar-refractivity contribution in [1.29, 1.82) is 0 Å². The number of amides is 5. The molecule has 1 saturated heterocycles. The maximum atomic E-state index is 13.5. The number of benzene rings is 3. The Labute approximate surface area is 248 Å². The summed E-state index contributed by atoms with van der Waals surface area (Å²) in [4.78, 5) is 52.5. The average Bonchev–Trinajstić information content (AvgIpc) is 2.94. The zero-order chi connectivity index (χ0) is 30.2. The number of nitrogens with one attached hydrogen (secondary N) is 2. The van der Waals surface area contributed by atoms with Crippen LogP contribution < -0.4 is 29.7 Å². The molecular weight excluding hydrogens is 562 g/mol. The molecule has 1 fully saturated rings. The average molecular weight is 592 g/mol. The van der Waals surface area contributed by atoms with Gasteiger partial charge in [-0.25, -0.2) is 9.69 Å². The first-order valence-electron chi connectivity index (χ1n) is 13.3. The lowest BCUT2D eigenvalue weighted by Gasteiger charge is -2.27. The van der Waals surface area contributed by atoms with Crippen molar-refractivity contribution in [3.63, 3.8) is 0 Å². The molecule has 0 aliphatic carbocycles. The molecule has 0 aromatic heterocycles. The van der Waals surface area contributed by atoms with Gasteiger partial charge in [-0.2, -0.15) is 0 Å². The molecule has 11 heteroatoms. The van der Waals surface area contributed by atoms with E-state index in [1.54, 1.807) is 25.1 Å². The van der Waals surface area contributed by atoms with Gasteiger partial charge in [0.05, 0.1) is 18.9 Å². The van der Waals surface area contributed by atoms with Crippen molar-refractivity contribution in [2.24, 2.45) is 0 Å². The molecule has 3 aromatic rings. The van der Waals surface area contributed by atoms with E-state index < -0.39 is 23.8 Å².